The molecule has 0 radical (unpaired) electrons. The fourth-order valence-corrected chi connectivity index (χ4v) is 4.26. The minimum absolute atomic E-state index is 0.537. The molecule has 5 N–H and O–H groups in total. The van der Waals surface area contributed by atoms with Gasteiger partial charge in [-0.3, -0.25) is 4.90 Å². The number of carboxylic acids is 2. The van der Waals surface area contributed by atoms with Gasteiger partial charge in [-0.2, -0.15) is 0 Å². The van der Waals surface area contributed by atoms with E-state index in [9.17, 15) is 9.59 Å². The summed E-state index contributed by atoms with van der Waals surface area (Å²) in [7, 11) is 0. The molecule has 0 spiro atoms. The minimum atomic E-state index is -2.27. The molecule has 2 unspecified atom stereocenters. The van der Waals surface area contributed by atoms with E-state index in [4.69, 9.17) is 43.6 Å². The molecule has 1 saturated heterocycles. The first-order valence-corrected chi connectivity index (χ1v) is 10.7. The van der Waals surface area contributed by atoms with E-state index in [-0.39, 0.29) is 0 Å². The topological polar surface area (TPSA) is 143 Å². The quantitative estimate of drug-likeness (QED) is 0.381. The third-order valence-corrected chi connectivity index (χ3v) is 5.77. The lowest BCUT2D eigenvalue weighted by Crippen LogP contribution is -2.44. The number of thiazole rings is 1. The number of aliphatic carboxylic acids is 2. The van der Waals surface area contributed by atoms with Crippen molar-refractivity contribution in [1.29, 1.82) is 0 Å². The molecular formula is C17H27Cl2N3O6S. The van der Waals surface area contributed by atoms with Crippen LogP contribution in [0.3, 0.4) is 0 Å². The molecule has 2 rings (SSSR count). The van der Waals surface area contributed by atoms with Crippen LogP contribution in [0.25, 0.3) is 0 Å². The number of nitrogens with zero attached hydrogens (tertiary/aromatic N) is 2. The highest BCUT2D eigenvalue weighted by molar-refractivity contribution is 7.16. The van der Waals surface area contributed by atoms with Crippen molar-refractivity contribution in [2.24, 2.45) is 5.92 Å². The number of nitrogens with one attached hydrogen (secondary N) is 1. The second kappa shape index (κ2) is 12.6. The first-order valence-electron chi connectivity index (χ1n) is 9.10. The van der Waals surface area contributed by atoms with Crippen molar-refractivity contribution >= 4 is 46.5 Å². The van der Waals surface area contributed by atoms with Crippen LogP contribution < -0.4 is 5.32 Å². The molecule has 166 valence electrons. The summed E-state index contributed by atoms with van der Waals surface area (Å²) in [6, 6.07) is 0.639. The number of aliphatic hydroxyl groups is 2. The van der Waals surface area contributed by atoms with Gasteiger partial charge >= 0.3 is 11.9 Å². The van der Waals surface area contributed by atoms with Crippen LogP contribution in [0.1, 0.15) is 31.6 Å². The molecule has 1 aromatic rings. The summed E-state index contributed by atoms with van der Waals surface area (Å²) in [6.07, 6.45) is -2.12. The zero-order chi connectivity index (χ0) is 22.1. The van der Waals surface area contributed by atoms with Gasteiger partial charge in [0.05, 0.1) is 4.88 Å². The molecule has 0 aliphatic carbocycles. The number of carboxylic acid groups (broad SMARTS) is 2. The molecule has 2 atom stereocenters. The van der Waals surface area contributed by atoms with Crippen LogP contribution in [0.4, 0.5) is 0 Å². The van der Waals surface area contributed by atoms with Crippen molar-refractivity contribution in [2.45, 2.75) is 51.5 Å². The lowest BCUT2D eigenvalue weighted by molar-refractivity contribution is -0.165. The number of piperidine rings is 1. The molecule has 12 heteroatoms. The Morgan fingerprint density at radius 2 is 1.69 bits per heavy atom. The van der Waals surface area contributed by atoms with Crippen molar-refractivity contribution in [3.63, 3.8) is 0 Å². The van der Waals surface area contributed by atoms with Crippen LogP contribution in [0.15, 0.2) is 0 Å². The van der Waals surface area contributed by atoms with Gasteiger partial charge in [-0.25, -0.2) is 14.6 Å². The number of halogens is 2. The Labute approximate surface area is 183 Å². The maximum Gasteiger partial charge on any atom is 0.335 e. The summed E-state index contributed by atoms with van der Waals surface area (Å²) >= 11 is 13.6. The third-order valence-electron chi connectivity index (χ3n) is 4.20. The third kappa shape index (κ3) is 9.12. The number of hydrogen-bond donors (Lipinski definition) is 5. The zero-order valence-electron chi connectivity index (χ0n) is 16.2. The summed E-state index contributed by atoms with van der Waals surface area (Å²) < 4.78 is 0.537. The SMILES string of the molecule is CC(C)CN(Cc1sc(Cl)nc1Cl)C1CCNCC1.O=C(O)C(O)C(O)C(=O)O. The van der Waals surface area contributed by atoms with Gasteiger partial charge in [-0.05, 0) is 31.8 Å². The molecule has 1 fully saturated rings. The summed E-state index contributed by atoms with van der Waals surface area (Å²) in [4.78, 5) is 27.3. The monoisotopic (exact) mass is 471 g/mol. The van der Waals surface area contributed by atoms with Gasteiger partial charge in [0, 0.05) is 19.1 Å². The van der Waals surface area contributed by atoms with E-state index in [0.717, 1.165) is 31.1 Å². The van der Waals surface area contributed by atoms with E-state index < -0.39 is 24.1 Å². The molecule has 0 aromatic carbocycles. The van der Waals surface area contributed by atoms with Crippen molar-refractivity contribution in [2.75, 3.05) is 19.6 Å². The fourth-order valence-electron chi connectivity index (χ4n) is 2.84. The normalized spacial score (nSPS) is 17.0. The summed E-state index contributed by atoms with van der Waals surface area (Å²) in [5, 5.41) is 36.5. The predicted molar refractivity (Wildman–Crippen MR) is 111 cm³/mol. The maximum absolute atomic E-state index is 9.77. The van der Waals surface area contributed by atoms with E-state index in [1.165, 1.54) is 24.2 Å². The first-order chi connectivity index (χ1) is 13.5. The smallest absolute Gasteiger partial charge is 0.335 e. The molecule has 1 aliphatic rings. The van der Waals surface area contributed by atoms with Gasteiger partial charge in [0.25, 0.3) is 0 Å². The Balaban J connectivity index is 0.000000359. The van der Waals surface area contributed by atoms with Crippen molar-refractivity contribution in [3.8, 4) is 0 Å². The fraction of sp³-hybridized carbons (Fsp3) is 0.706. The van der Waals surface area contributed by atoms with Gasteiger partial charge in [0.2, 0.25) is 0 Å². The highest BCUT2D eigenvalue weighted by atomic mass is 35.5. The standard InChI is InChI=1S/C13H21Cl2N3S.C4H6O6/c1-9(2)7-18(10-3-5-16-6-4-10)8-11-12(14)17-13(15)19-11;5-1(3(7)8)2(6)4(9)10/h9-10,16H,3-8H2,1-2H3;1-2,5-6H,(H,7,8)(H,9,10). The highest BCUT2D eigenvalue weighted by Gasteiger charge is 2.29. The van der Waals surface area contributed by atoms with Crippen LogP contribution in [-0.4, -0.2) is 80.1 Å². The Bertz CT molecular complexity index is 652. The van der Waals surface area contributed by atoms with E-state index in [1.807, 2.05) is 0 Å². The van der Waals surface area contributed by atoms with Crippen LogP contribution in [0.2, 0.25) is 9.62 Å². The van der Waals surface area contributed by atoms with E-state index in [0.29, 0.717) is 21.6 Å². The number of hydrogen-bond acceptors (Lipinski definition) is 8. The van der Waals surface area contributed by atoms with Gasteiger partial charge < -0.3 is 25.7 Å². The zero-order valence-corrected chi connectivity index (χ0v) is 18.5. The van der Waals surface area contributed by atoms with Crippen LogP contribution in [0.5, 0.6) is 0 Å². The maximum atomic E-state index is 9.77. The van der Waals surface area contributed by atoms with Crippen molar-refractivity contribution in [3.05, 3.63) is 14.5 Å². The van der Waals surface area contributed by atoms with Gasteiger partial charge in [0.15, 0.2) is 16.7 Å². The Morgan fingerprint density at radius 1 is 1.17 bits per heavy atom. The Kier molecular flexibility index (Phi) is 11.3. The molecule has 1 aromatic heterocycles. The van der Waals surface area contributed by atoms with Crippen molar-refractivity contribution in [1.82, 2.24) is 15.2 Å². The van der Waals surface area contributed by atoms with E-state index in [1.54, 1.807) is 0 Å². The van der Waals surface area contributed by atoms with E-state index >= 15 is 0 Å². The second-order valence-corrected chi connectivity index (χ2v) is 9.08. The molecule has 0 saturated carbocycles. The molecule has 29 heavy (non-hydrogen) atoms. The average molecular weight is 472 g/mol. The molecule has 0 amide bonds. The lowest BCUT2D eigenvalue weighted by Gasteiger charge is -2.35. The Hall–Kier alpha value is -1.01. The molecule has 1 aliphatic heterocycles. The first kappa shape index (κ1) is 26.0. The number of aromatic nitrogens is 1. The molecule has 2 heterocycles. The summed E-state index contributed by atoms with van der Waals surface area (Å²) in [5.74, 6) is -2.89. The van der Waals surface area contributed by atoms with Crippen LogP contribution in [-0.2, 0) is 16.1 Å². The number of aliphatic hydroxyl groups excluding tert-OH is 2. The van der Waals surface area contributed by atoms with Crippen molar-refractivity contribution < 1.29 is 30.0 Å². The molecule has 0 bridgehead atoms. The average Bonchev–Trinajstić information content (AvgIpc) is 2.97. The number of carbonyl (C=O) groups is 2. The highest BCUT2D eigenvalue weighted by Crippen LogP contribution is 2.29. The predicted octanol–water partition coefficient (Wildman–Crippen LogP) is 1.54. The minimum Gasteiger partial charge on any atom is -0.479 e. The number of rotatable bonds is 8. The van der Waals surface area contributed by atoms with E-state index in [2.05, 4.69) is 29.0 Å². The van der Waals surface area contributed by atoms with Gasteiger partial charge in [-0.15, -0.1) is 11.3 Å². The molecule has 9 nitrogen and oxygen atoms in total. The van der Waals surface area contributed by atoms with Gasteiger partial charge in [-0.1, -0.05) is 37.0 Å². The summed E-state index contributed by atoms with van der Waals surface area (Å²) in [6.45, 7) is 8.69. The van der Waals surface area contributed by atoms with Crippen LogP contribution in [0, 0.1) is 5.92 Å². The lowest BCUT2D eigenvalue weighted by atomic mass is 10.0. The summed E-state index contributed by atoms with van der Waals surface area (Å²) in [5.41, 5.74) is 0. The molecular weight excluding hydrogens is 445 g/mol. The van der Waals surface area contributed by atoms with Gasteiger partial charge in [0.1, 0.15) is 5.15 Å². The second-order valence-electron chi connectivity index (χ2n) is 7.05. The largest absolute Gasteiger partial charge is 0.479 e. The Morgan fingerprint density at radius 3 is 2.07 bits per heavy atom. The van der Waals surface area contributed by atoms with Crippen LogP contribution >= 0.6 is 34.5 Å².